The standard InChI is InChI=1S/C19H19FN4O2S/c1-12-9-13(2)24(23-12)16(17-7-4-8-27-17)11-21-18(25)19(26)22-15-6-3-5-14(20)10-15/h3-10,16H,11H2,1-2H3,(H,21,25)(H,22,26)/t16-/m1/s1. The minimum absolute atomic E-state index is 0.206. The van der Waals surface area contributed by atoms with Crippen LogP contribution in [-0.4, -0.2) is 28.1 Å². The van der Waals surface area contributed by atoms with Crippen LogP contribution >= 0.6 is 11.3 Å². The molecule has 0 fully saturated rings. The van der Waals surface area contributed by atoms with Crippen molar-refractivity contribution in [2.45, 2.75) is 19.9 Å². The number of aromatic nitrogens is 2. The second-order valence-electron chi connectivity index (χ2n) is 6.08. The molecule has 0 spiro atoms. The summed E-state index contributed by atoms with van der Waals surface area (Å²) in [7, 11) is 0. The molecule has 140 valence electrons. The van der Waals surface area contributed by atoms with E-state index in [-0.39, 0.29) is 18.3 Å². The normalized spacial score (nSPS) is 11.8. The first-order valence-electron chi connectivity index (χ1n) is 8.35. The number of thiophene rings is 1. The molecule has 0 unspecified atom stereocenters. The molecule has 8 heteroatoms. The molecule has 0 bridgehead atoms. The number of aryl methyl sites for hydroxylation is 2. The number of carbonyl (C=O) groups is 2. The number of nitrogens with zero attached hydrogens (tertiary/aromatic N) is 2. The monoisotopic (exact) mass is 386 g/mol. The lowest BCUT2D eigenvalue weighted by Crippen LogP contribution is -2.39. The first kappa shape index (κ1) is 18.8. The number of benzene rings is 1. The summed E-state index contributed by atoms with van der Waals surface area (Å²) in [4.78, 5) is 25.3. The maximum atomic E-state index is 13.2. The van der Waals surface area contributed by atoms with Gasteiger partial charge in [-0.2, -0.15) is 5.10 Å². The van der Waals surface area contributed by atoms with Gasteiger partial charge in [-0.15, -0.1) is 11.3 Å². The third-order valence-corrected chi connectivity index (χ3v) is 4.93. The van der Waals surface area contributed by atoms with Gasteiger partial charge in [0, 0.05) is 22.8 Å². The van der Waals surface area contributed by atoms with E-state index >= 15 is 0 Å². The smallest absolute Gasteiger partial charge is 0.313 e. The predicted octanol–water partition coefficient (Wildman–Crippen LogP) is 3.04. The molecule has 1 aromatic carbocycles. The van der Waals surface area contributed by atoms with Crippen molar-refractivity contribution in [1.82, 2.24) is 15.1 Å². The molecule has 0 radical (unpaired) electrons. The van der Waals surface area contributed by atoms with E-state index in [9.17, 15) is 14.0 Å². The first-order chi connectivity index (χ1) is 12.9. The first-order valence-corrected chi connectivity index (χ1v) is 9.23. The third kappa shape index (κ3) is 4.59. The zero-order valence-corrected chi connectivity index (χ0v) is 15.7. The van der Waals surface area contributed by atoms with Crippen molar-refractivity contribution in [2.75, 3.05) is 11.9 Å². The van der Waals surface area contributed by atoms with Gasteiger partial charge in [-0.25, -0.2) is 4.39 Å². The number of hydrogen-bond donors (Lipinski definition) is 2. The second kappa shape index (κ2) is 8.13. The van der Waals surface area contributed by atoms with E-state index < -0.39 is 17.6 Å². The average molecular weight is 386 g/mol. The van der Waals surface area contributed by atoms with Gasteiger partial charge in [0.15, 0.2) is 0 Å². The Morgan fingerprint density at radius 1 is 1.19 bits per heavy atom. The number of amides is 2. The van der Waals surface area contributed by atoms with E-state index in [0.717, 1.165) is 22.3 Å². The Morgan fingerprint density at radius 3 is 2.63 bits per heavy atom. The Hall–Kier alpha value is -3.00. The molecule has 2 N–H and O–H groups in total. The van der Waals surface area contributed by atoms with Crippen molar-refractivity contribution in [3.8, 4) is 0 Å². The number of halogens is 1. The molecule has 0 aliphatic carbocycles. The summed E-state index contributed by atoms with van der Waals surface area (Å²) in [6.07, 6.45) is 0. The van der Waals surface area contributed by atoms with E-state index in [2.05, 4.69) is 15.7 Å². The Labute approximate surface area is 160 Å². The van der Waals surface area contributed by atoms with Gasteiger partial charge in [-0.3, -0.25) is 14.3 Å². The van der Waals surface area contributed by atoms with Crippen LogP contribution < -0.4 is 10.6 Å². The largest absolute Gasteiger partial charge is 0.345 e. The topological polar surface area (TPSA) is 76.0 Å². The van der Waals surface area contributed by atoms with Crippen LogP contribution in [-0.2, 0) is 9.59 Å². The summed E-state index contributed by atoms with van der Waals surface area (Å²) >= 11 is 1.55. The van der Waals surface area contributed by atoms with E-state index in [1.807, 2.05) is 42.1 Å². The molecular formula is C19H19FN4O2S. The molecule has 0 aliphatic rings. The molecule has 1 atom stereocenters. The van der Waals surface area contributed by atoms with Crippen molar-refractivity contribution in [1.29, 1.82) is 0 Å². The molecule has 27 heavy (non-hydrogen) atoms. The molecule has 2 heterocycles. The highest BCUT2D eigenvalue weighted by Gasteiger charge is 2.21. The van der Waals surface area contributed by atoms with Crippen LogP contribution in [0.5, 0.6) is 0 Å². The molecule has 2 aromatic heterocycles. The Bertz CT molecular complexity index is 953. The zero-order chi connectivity index (χ0) is 19.4. The van der Waals surface area contributed by atoms with Gasteiger partial charge >= 0.3 is 11.8 Å². The highest BCUT2D eigenvalue weighted by atomic mass is 32.1. The van der Waals surface area contributed by atoms with Crippen molar-refractivity contribution < 1.29 is 14.0 Å². The van der Waals surface area contributed by atoms with E-state index in [4.69, 9.17) is 0 Å². The maximum Gasteiger partial charge on any atom is 0.313 e. The van der Waals surface area contributed by atoms with Crippen LogP contribution in [0.4, 0.5) is 10.1 Å². The number of hydrogen-bond acceptors (Lipinski definition) is 4. The van der Waals surface area contributed by atoms with Crippen LogP contribution in [0, 0.1) is 19.7 Å². The third-order valence-electron chi connectivity index (χ3n) is 3.96. The van der Waals surface area contributed by atoms with Gasteiger partial charge in [0.25, 0.3) is 0 Å². The van der Waals surface area contributed by atoms with Gasteiger partial charge in [-0.05, 0) is 49.6 Å². The Balaban J connectivity index is 1.69. The Kier molecular flexibility index (Phi) is 5.66. The fourth-order valence-corrected chi connectivity index (χ4v) is 3.59. The molecular weight excluding hydrogens is 367 g/mol. The summed E-state index contributed by atoms with van der Waals surface area (Å²) in [6, 6.07) is 11.0. The molecule has 0 saturated carbocycles. The predicted molar refractivity (Wildman–Crippen MR) is 102 cm³/mol. The number of nitrogens with one attached hydrogen (secondary N) is 2. The van der Waals surface area contributed by atoms with Crippen LogP contribution in [0.25, 0.3) is 0 Å². The highest BCUT2D eigenvalue weighted by Crippen LogP contribution is 2.24. The minimum atomic E-state index is -0.848. The summed E-state index contributed by atoms with van der Waals surface area (Å²) in [5.41, 5.74) is 2.07. The fraction of sp³-hybridized carbons (Fsp3) is 0.211. The van der Waals surface area contributed by atoms with Crippen LogP contribution in [0.3, 0.4) is 0 Å². The van der Waals surface area contributed by atoms with Gasteiger partial charge < -0.3 is 10.6 Å². The number of carbonyl (C=O) groups excluding carboxylic acids is 2. The summed E-state index contributed by atoms with van der Waals surface area (Å²) in [6.45, 7) is 4.05. The quantitative estimate of drug-likeness (QED) is 0.662. The van der Waals surface area contributed by atoms with E-state index in [1.54, 1.807) is 11.3 Å². The molecule has 0 aliphatic heterocycles. The number of rotatable bonds is 5. The second-order valence-corrected chi connectivity index (χ2v) is 7.06. The van der Waals surface area contributed by atoms with E-state index in [0.29, 0.717) is 0 Å². The van der Waals surface area contributed by atoms with Crippen LogP contribution in [0.2, 0.25) is 0 Å². The lowest BCUT2D eigenvalue weighted by molar-refractivity contribution is -0.136. The van der Waals surface area contributed by atoms with Crippen LogP contribution in [0.1, 0.15) is 22.3 Å². The molecule has 0 saturated heterocycles. The van der Waals surface area contributed by atoms with Gasteiger partial charge in [0.05, 0.1) is 5.69 Å². The minimum Gasteiger partial charge on any atom is -0.345 e. The zero-order valence-electron chi connectivity index (χ0n) is 14.9. The molecule has 3 rings (SSSR count). The SMILES string of the molecule is Cc1cc(C)n([C@H](CNC(=O)C(=O)Nc2cccc(F)c2)c2cccs2)n1. The highest BCUT2D eigenvalue weighted by molar-refractivity contribution is 7.10. The van der Waals surface area contributed by atoms with Gasteiger partial charge in [-0.1, -0.05) is 12.1 Å². The Morgan fingerprint density at radius 2 is 2.00 bits per heavy atom. The number of anilines is 1. The molecule has 3 aromatic rings. The van der Waals surface area contributed by atoms with Crippen LogP contribution in [0.15, 0.2) is 47.8 Å². The summed E-state index contributed by atoms with van der Waals surface area (Å²) < 4.78 is 15.0. The fourth-order valence-electron chi connectivity index (χ4n) is 2.77. The van der Waals surface area contributed by atoms with Crippen molar-refractivity contribution in [3.63, 3.8) is 0 Å². The average Bonchev–Trinajstić information content (AvgIpc) is 3.25. The van der Waals surface area contributed by atoms with Crippen molar-refractivity contribution in [2.24, 2.45) is 0 Å². The lowest BCUT2D eigenvalue weighted by Gasteiger charge is -2.18. The van der Waals surface area contributed by atoms with Crippen molar-refractivity contribution in [3.05, 3.63) is 69.9 Å². The van der Waals surface area contributed by atoms with Gasteiger partial charge in [0.1, 0.15) is 11.9 Å². The maximum absolute atomic E-state index is 13.2. The molecule has 2 amide bonds. The van der Waals surface area contributed by atoms with Crippen molar-refractivity contribution >= 4 is 28.8 Å². The van der Waals surface area contributed by atoms with Gasteiger partial charge in [0.2, 0.25) is 0 Å². The summed E-state index contributed by atoms with van der Waals surface area (Å²) in [5, 5.41) is 11.5. The lowest BCUT2D eigenvalue weighted by atomic mass is 10.2. The summed E-state index contributed by atoms with van der Waals surface area (Å²) in [5.74, 6) is -2.13. The molecule has 6 nitrogen and oxygen atoms in total. The van der Waals surface area contributed by atoms with E-state index in [1.165, 1.54) is 18.2 Å².